The minimum atomic E-state index is -0.265. The number of imidazole rings is 1. The monoisotopic (exact) mass is 363 g/mol. The third-order valence-corrected chi connectivity index (χ3v) is 3.81. The molecule has 2 heterocycles. The highest BCUT2D eigenvalue weighted by atomic mass is 79.9. The highest BCUT2D eigenvalue weighted by molar-refractivity contribution is 9.10. The molecule has 0 unspecified atom stereocenters. The van der Waals surface area contributed by atoms with Gasteiger partial charge >= 0.3 is 0 Å². The van der Waals surface area contributed by atoms with Gasteiger partial charge in [-0.15, -0.1) is 0 Å². The molecule has 3 rings (SSSR count). The molecule has 1 aromatic carbocycles. The van der Waals surface area contributed by atoms with Crippen LogP contribution in [0, 0.1) is 0 Å². The maximum Gasteiger partial charge on any atom is 0.267 e. The van der Waals surface area contributed by atoms with Crippen LogP contribution in [0.5, 0.6) is 0 Å². The molecule has 0 atom stereocenters. The van der Waals surface area contributed by atoms with Crippen molar-refractivity contribution >= 4 is 44.2 Å². The minimum absolute atomic E-state index is 0.265. The van der Waals surface area contributed by atoms with E-state index in [9.17, 15) is 4.79 Å². The van der Waals surface area contributed by atoms with E-state index in [0.29, 0.717) is 27.5 Å². The molecule has 0 saturated carbocycles. The molecule has 106 valence electrons. The number of halogens is 1. The van der Waals surface area contributed by atoms with Crippen molar-refractivity contribution < 1.29 is 0 Å². The van der Waals surface area contributed by atoms with Gasteiger partial charge in [-0.05, 0) is 28.1 Å². The van der Waals surface area contributed by atoms with Crippen LogP contribution in [0.25, 0.3) is 16.9 Å². The van der Waals surface area contributed by atoms with E-state index in [4.69, 9.17) is 18.0 Å². The molecule has 0 aliphatic heterocycles. The number of benzene rings is 1. The van der Waals surface area contributed by atoms with Gasteiger partial charge in [0, 0.05) is 0 Å². The number of nitrogens with zero attached hydrogens (tertiary/aromatic N) is 3. The number of H-pyrrole nitrogens is 1. The highest BCUT2D eigenvalue weighted by Gasteiger charge is 2.17. The van der Waals surface area contributed by atoms with Gasteiger partial charge in [-0.1, -0.05) is 24.4 Å². The molecule has 6 nitrogen and oxygen atoms in total. The Labute approximate surface area is 133 Å². The van der Waals surface area contributed by atoms with Gasteiger partial charge < -0.3 is 10.7 Å². The lowest BCUT2D eigenvalue weighted by Crippen LogP contribution is -2.17. The first-order valence-electron chi connectivity index (χ1n) is 6.06. The van der Waals surface area contributed by atoms with E-state index in [2.05, 4.69) is 30.9 Å². The van der Waals surface area contributed by atoms with Crippen molar-refractivity contribution in [3.05, 3.63) is 51.2 Å². The van der Waals surface area contributed by atoms with E-state index in [1.165, 1.54) is 6.33 Å². The molecule has 0 spiro atoms. The number of hydrogen-bond acceptors (Lipinski definition) is 4. The van der Waals surface area contributed by atoms with E-state index in [-0.39, 0.29) is 5.56 Å². The normalized spacial score (nSPS) is 10.9. The van der Waals surface area contributed by atoms with Crippen LogP contribution in [0.1, 0.15) is 5.82 Å². The third kappa shape index (κ3) is 2.47. The van der Waals surface area contributed by atoms with Crippen LogP contribution in [0.4, 0.5) is 0 Å². The number of para-hydroxylation sites is 2. The molecule has 0 saturated heterocycles. The maximum atomic E-state index is 11.8. The number of aromatic amines is 1. The minimum Gasteiger partial charge on any atom is -0.393 e. The average Bonchev–Trinajstić information content (AvgIpc) is 2.79. The van der Waals surface area contributed by atoms with Crippen molar-refractivity contribution in [3.8, 4) is 5.82 Å². The van der Waals surface area contributed by atoms with Gasteiger partial charge in [0.2, 0.25) is 0 Å². The summed E-state index contributed by atoms with van der Waals surface area (Å²) in [4.78, 5) is 23.4. The number of aromatic nitrogens is 4. The molecule has 2 aromatic heterocycles. The van der Waals surface area contributed by atoms with Crippen molar-refractivity contribution in [2.75, 3.05) is 0 Å². The summed E-state index contributed by atoms with van der Waals surface area (Å²) in [6, 6.07) is 7.58. The number of hydrogen-bond donors (Lipinski definition) is 2. The summed E-state index contributed by atoms with van der Waals surface area (Å²) in [7, 11) is 0. The Morgan fingerprint density at radius 2 is 2.19 bits per heavy atom. The van der Waals surface area contributed by atoms with Gasteiger partial charge in [0.1, 0.15) is 10.3 Å². The second kappa shape index (κ2) is 5.38. The topological polar surface area (TPSA) is 89.6 Å². The molecule has 0 aliphatic carbocycles. The van der Waals surface area contributed by atoms with Crippen molar-refractivity contribution in [2.24, 2.45) is 5.73 Å². The highest BCUT2D eigenvalue weighted by Crippen LogP contribution is 2.23. The predicted molar refractivity (Wildman–Crippen MR) is 87.7 cm³/mol. The second-order valence-electron chi connectivity index (χ2n) is 4.36. The number of thiocarbonyl (C=S) groups is 1. The van der Waals surface area contributed by atoms with E-state index in [1.54, 1.807) is 4.57 Å². The van der Waals surface area contributed by atoms with Crippen LogP contribution < -0.4 is 11.3 Å². The fourth-order valence-corrected chi connectivity index (χ4v) is 2.64. The third-order valence-electron chi connectivity index (χ3n) is 2.95. The fraction of sp³-hybridized carbons (Fsp3) is 0.0769. The van der Waals surface area contributed by atoms with Crippen LogP contribution in [-0.2, 0) is 6.42 Å². The maximum absolute atomic E-state index is 11.8. The molecule has 0 radical (unpaired) electrons. The summed E-state index contributed by atoms with van der Waals surface area (Å²) >= 11 is 8.24. The van der Waals surface area contributed by atoms with Crippen molar-refractivity contribution in [3.63, 3.8) is 0 Å². The van der Waals surface area contributed by atoms with Crippen LogP contribution >= 0.6 is 28.1 Å². The Balaban J connectivity index is 2.36. The molecule has 3 N–H and O–H groups in total. The molecular weight excluding hydrogens is 354 g/mol. The van der Waals surface area contributed by atoms with Crippen molar-refractivity contribution in [1.29, 1.82) is 0 Å². The Bertz CT molecular complexity index is 901. The number of nitrogens with one attached hydrogen (secondary N) is 1. The summed E-state index contributed by atoms with van der Waals surface area (Å²) in [6.45, 7) is 0. The lowest BCUT2D eigenvalue weighted by molar-refractivity contribution is 0.905. The molecule has 0 bridgehead atoms. The summed E-state index contributed by atoms with van der Waals surface area (Å²) < 4.78 is 2.12. The lowest BCUT2D eigenvalue weighted by Gasteiger charge is -2.08. The Hall–Kier alpha value is -2.06. The number of fused-ring (bicyclic) bond motifs is 1. The summed E-state index contributed by atoms with van der Waals surface area (Å²) in [5, 5.41) is 0. The van der Waals surface area contributed by atoms with E-state index in [1.807, 2.05) is 24.3 Å². The quantitative estimate of drug-likeness (QED) is 0.691. The van der Waals surface area contributed by atoms with Crippen molar-refractivity contribution in [1.82, 2.24) is 19.5 Å². The molecular formula is C13H10BrN5OS. The smallest absolute Gasteiger partial charge is 0.267 e. The zero-order valence-electron chi connectivity index (χ0n) is 10.7. The predicted octanol–water partition coefficient (Wildman–Crippen LogP) is 1.70. The lowest BCUT2D eigenvalue weighted by atomic mass is 10.3. The van der Waals surface area contributed by atoms with Crippen molar-refractivity contribution in [2.45, 2.75) is 6.42 Å². The van der Waals surface area contributed by atoms with E-state index < -0.39 is 0 Å². The summed E-state index contributed by atoms with van der Waals surface area (Å²) in [6.07, 6.45) is 1.67. The zero-order chi connectivity index (χ0) is 15.0. The van der Waals surface area contributed by atoms with Crippen LogP contribution in [0.15, 0.2) is 39.9 Å². The van der Waals surface area contributed by atoms with E-state index >= 15 is 0 Å². The first-order chi connectivity index (χ1) is 10.1. The van der Waals surface area contributed by atoms with Crippen LogP contribution in [0.3, 0.4) is 0 Å². The average molecular weight is 364 g/mol. The van der Waals surface area contributed by atoms with Gasteiger partial charge in [-0.25, -0.2) is 9.97 Å². The van der Waals surface area contributed by atoms with Crippen LogP contribution in [0.2, 0.25) is 0 Å². The van der Waals surface area contributed by atoms with Gasteiger partial charge in [-0.2, -0.15) is 0 Å². The fourth-order valence-electron chi connectivity index (χ4n) is 2.12. The Morgan fingerprint density at radius 1 is 1.43 bits per heavy atom. The first kappa shape index (κ1) is 13.9. The van der Waals surface area contributed by atoms with Gasteiger partial charge in [0.15, 0.2) is 5.82 Å². The number of nitrogens with two attached hydrogens (primary N) is 1. The first-order valence-corrected chi connectivity index (χ1v) is 7.26. The zero-order valence-corrected chi connectivity index (χ0v) is 13.1. The molecule has 3 aromatic rings. The number of rotatable bonds is 3. The molecule has 0 fully saturated rings. The molecule has 21 heavy (non-hydrogen) atoms. The Morgan fingerprint density at radius 3 is 2.95 bits per heavy atom. The van der Waals surface area contributed by atoms with E-state index in [0.717, 1.165) is 11.0 Å². The second-order valence-corrected chi connectivity index (χ2v) is 5.68. The summed E-state index contributed by atoms with van der Waals surface area (Å²) in [5.41, 5.74) is 7.00. The van der Waals surface area contributed by atoms with Gasteiger partial charge in [0.25, 0.3) is 5.56 Å². The van der Waals surface area contributed by atoms with Gasteiger partial charge in [0.05, 0.1) is 28.8 Å². The molecule has 0 amide bonds. The molecule has 0 aliphatic rings. The standard InChI is InChI=1S/C13H10BrN5OS/c14-11-12(16-6-17-13(11)20)19-8-4-2-1-3-7(8)18-10(19)5-9(15)21/h1-4,6H,5H2,(H2,15,21)(H,16,17,20). The van der Waals surface area contributed by atoms with Gasteiger partial charge in [-0.3, -0.25) is 9.36 Å². The summed E-state index contributed by atoms with van der Waals surface area (Å²) in [5.74, 6) is 1.10. The largest absolute Gasteiger partial charge is 0.393 e. The van der Waals surface area contributed by atoms with Crippen LogP contribution in [-0.4, -0.2) is 24.5 Å². The SMILES string of the molecule is NC(=S)Cc1nc2ccccc2n1-c1nc[nH]c(=O)c1Br. The molecule has 8 heteroatoms. The Kier molecular flexibility index (Phi) is 3.56.